The van der Waals surface area contributed by atoms with Crippen LogP contribution in [-0.4, -0.2) is 43.5 Å². The molecule has 1 aliphatic rings. The fourth-order valence-corrected chi connectivity index (χ4v) is 2.59. The van der Waals surface area contributed by atoms with Gasteiger partial charge in [-0.25, -0.2) is 0 Å². The lowest BCUT2D eigenvalue weighted by molar-refractivity contribution is 0.0954. The first-order valence-electron chi connectivity index (χ1n) is 6.35. The first kappa shape index (κ1) is 14.8. The highest BCUT2D eigenvalue weighted by atomic mass is 35.5. The van der Waals surface area contributed by atoms with Crippen molar-refractivity contribution in [3.8, 4) is 0 Å². The molecule has 104 valence electrons. The zero-order chi connectivity index (χ0) is 13.8. The highest BCUT2D eigenvalue weighted by Crippen LogP contribution is 2.26. The lowest BCUT2D eigenvalue weighted by Crippen LogP contribution is -2.33. The molecule has 1 aromatic carbocycles. The monoisotopic (exact) mass is 301 g/mol. The topological polar surface area (TPSA) is 29.5 Å². The van der Waals surface area contributed by atoms with Crippen LogP contribution in [0.5, 0.6) is 0 Å². The maximum Gasteiger partial charge on any atom is 0.165 e. The van der Waals surface area contributed by atoms with Crippen molar-refractivity contribution in [3.05, 3.63) is 33.8 Å². The molecule has 5 heteroatoms. The fourth-order valence-electron chi connectivity index (χ4n) is 2.18. The van der Waals surface area contributed by atoms with E-state index >= 15 is 0 Å². The minimum atomic E-state index is 0.0262. The second-order valence-electron chi connectivity index (χ2n) is 4.77. The highest BCUT2D eigenvalue weighted by Gasteiger charge is 2.21. The zero-order valence-corrected chi connectivity index (χ0v) is 12.4. The molecule has 0 aliphatic carbocycles. The molecule has 1 aliphatic heterocycles. The van der Waals surface area contributed by atoms with Crippen LogP contribution >= 0.6 is 23.2 Å². The van der Waals surface area contributed by atoms with Crippen molar-refractivity contribution in [1.82, 2.24) is 4.90 Å². The summed E-state index contributed by atoms with van der Waals surface area (Å²) in [4.78, 5) is 14.3. The molecule has 1 atom stereocenters. The van der Waals surface area contributed by atoms with E-state index in [0.717, 1.165) is 19.6 Å². The molecule has 19 heavy (non-hydrogen) atoms. The quantitative estimate of drug-likeness (QED) is 0.782. The van der Waals surface area contributed by atoms with E-state index in [2.05, 4.69) is 4.90 Å². The molecular formula is C14H17Cl2NO2. The molecule has 0 radical (unpaired) electrons. The van der Waals surface area contributed by atoms with Gasteiger partial charge in [-0.1, -0.05) is 29.3 Å². The third kappa shape index (κ3) is 3.69. The highest BCUT2D eigenvalue weighted by molar-refractivity contribution is 6.43. The van der Waals surface area contributed by atoms with E-state index in [1.165, 1.54) is 0 Å². The molecular weight excluding hydrogens is 285 g/mol. The number of ether oxygens (including phenoxy) is 1. The largest absolute Gasteiger partial charge is 0.380 e. The standard InChI is InChI=1S/C14H17Cl2NO2/c1-17(10-6-8-19-9-10)7-5-13(18)11-3-2-4-12(15)14(11)16/h2-4,10H,5-9H2,1H3. The van der Waals surface area contributed by atoms with Gasteiger partial charge in [0.05, 0.1) is 16.7 Å². The normalized spacial score (nSPS) is 19.1. The molecule has 0 spiro atoms. The van der Waals surface area contributed by atoms with Gasteiger partial charge in [-0.2, -0.15) is 0 Å². The molecule has 1 unspecified atom stereocenters. The van der Waals surface area contributed by atoms with Crippen molar-refractivity contribution in [2.75, 3.05) is 26.8 Å². The number of halogens is 2. The second-order valence-corrected chi connectivity index (χ2v) is 5.56. The van der Waals surface area contributed by atoms with Gasteiger partial charge in [-0.3, -0.25) is 4.79 Å². The van der Waals surface area contributed by atoms with Crippen LogP contribution in [0.15, 0.2) is 18.2 Å². The second kappa shape index (κ2) is 6.71. The minimum Gasteiger partial charge on any atom is -0.380 e. The van der Waals surface area contributed by atoms with Crippen molar-refractivity contribution >= 4 is 29.0 Å². The lowest BCUT2D eigenvalue weighted by atomic mass is 10.1. The van der Waals surface area contributed by atoms with E-state index in [1.54, 1.807) is 18.2 Å². The summed E-state index contributed by atoms with van der Waals surface area (Å²) in [5.41, 5.74) is 0.505. The molecule has 1 aromatic rings. The van der Waals surface area contributed by atoms with Crippen molar-refractivity contribution in [3.63, 3.8) is 0 Å². The van der Waals surface area contributed by atoms with Crippen LogP contribution in [0.4, 0.5) is 0 Å². The summed E-state index contributed by atoms with van der Waals surface area (Å²) in [5, 5.41) is 0.770. The molecule has 0 bridgehead atoms. The number of carbonyl (C=O) groups is 1. The van der Waals surface area contributed by atoms with Gasteiger partial charge in [0.1, 0.15) is 0 Å². The average Bonchev–Trinajstić information content (AvgIpc) is 2.93. The first-order valence-corrected chi connectivity index (χ1v) is 7.10. The Kier molecular flexibility index (Phi) is 5.22. The Morgan fingerprint density at radius 2 is 2.26 bits per heavy atom. The number of rotatable bonds is 5. The minimum absolute atomic E-state index is 0.0262. The van der Waals surface area contributed by atoms with Gasteiger partial charge in [0.25, 0.3) is 0 Å². The third-order valence-corrected chi connectivity index (χ3v) is 4.29. The molecule has 0 amide bonds. The summed E-state index contributed by atoms with van der Waals surface area (Å²) < 4.78 is 5.34. The average molecular weight is 302 g/mol. The Hall–Kier alpha value is -0.610. The molecule has 0 saturated carbocycles. The molecule has 2 rings (SSSR count). The van der Waals surface area contributed by atoms with E-state index in [4.69, 9.17) is 27.9 Å². The van der Waals surface area contributed by atoms with Crippen LogP contribution in [-0.2, 0) is 4.74 Å². The van der Waals surface area contributed by atoms with Crippen LogP contribution in [0.3, 0.4) is 0 Å². The van der Waals surface area contributed by atoms with Gasteiger partial charge >= 0.3 is 0 Å². The number of carbonyl (C=O) groups excluding carboxylic acids is 1. The van der Waals surface area contributed by atoms with Gasteiger partial charge in [0, 0.05) is 31.2 Å². The Labute approximate surface area is 123 Å². The van der Waals surface area contributed by atoms with Gasteiger partial charge in [0.2, 0.25) is 0 Å². The van der Waals surface area contributed by atoms with E-state index in [9.17, 15) is 4.79 Å². The summed E-state index contributed by atoms with van der Waals surface area (Å²) in [7, 11) is 2.02. The number of benzene rings is 1. The smallest absolute Gasteiger partial charge is 0.165 e. The van der Waals surface area contributed by atoms with Crippen molar-refractivity contribution < 1.29 is 9.53 Å². The molecule has 0 N–H and O–H groups in total. The van der Waals surface area contributed by atoms with E-state index in [0.29, 0.717) is 34.6 Å². The Morgan fingerprint density at radius 3 is 2.95 bits per heavy atom. The number of ketones is 1. The van der Waals surface area contributed by atoms with E-state index in [-0.39, 0.29) is 5.78 Å². The summed E-state index contributed by atoms with van der Waals surface area (Å²) >= 11 is 12.0. The lowest BCUT2D eigenvalue weighted by Gasteiger charge is -2.22. The Morgan fingerprint density at radius 1 is 1.47 bits per heavy atom. The number of hydrogen-bond acceptors (Lipinski definition) is 3. The zero-order valence-electron chi connectivity index (χ0n) is 10.9. The summed E-state index contributed by atoms with van der Waals surface area (Å²) in [6, 6.07) is 5.57. The number of likely N-dealkylation sites (N-methyl/N-ethyl adjacent to an activating group) is 1. The maximum absolute atomic E-state index is 12.1. The van der Waals surface area contributed by atoms with Gasteiger partial charge in [-0.05, 0) is 25.6 Å². The van der Waals surface area contributed by atoms with Crippen LogP contribution in [0.2, 0.25) is 10.0 Å². The van der Waals surface area contributed by atoms with Gasteiger partial charge in [0.15, 0.2) is 5.78 Å². The Bertz CT molecular complexity index is 459. The SMILES string of the molecule is CN(CCC(=O)c1cccc(Cl)c1Cl)C1CCOC1. The van der Waals surface area contributed by atoms with Crippen LogP contribution in [0.25, 0.3) is 0 Å². The van der Waals surface area contributed by atoms with Crippen LogP contribution in [0, 0.1) is 0 Å². The summed E-state index contributed by atoms with van der Waals surface area (Å²) in [6.07, 6.45) is 1.47. The van der Waals surface area contributed by atoms with E-state index < -0.39 is 0 Å². The molecule has 1 heterocycles. The predicted octanol–water partition coefficient (Wildman–Crippen LogP) is 3.29. The van der Waals surface area contributed by atoms with E-state index in [1.807, 2.05) is 7.05 Å². The first-order chi connectivity index (χ1) is 9.09. The van der Waals surface area contributed by atoms with Gasteiger partial charge in [-0.15, -0.1) is 0 Å². The molecule has 3 nitrogen and oxygen atoms in total. The summed E-state index contributed by atoms with van der Waals surface area (Å²) in [5.74, 6) is 0.0262. The maximum atomic E-state index is 12.1. The predicted molar refractivity (Wildman–Crippen MR) is 77.3 cm³/mol. The fraction of sp³-hybridized carbons (Fsp3) is 0.500. The third-order valence-electron chi connectivity index (χ3n) is 3.47. The van der Waals surface area contributed by atoms with Crippen molar-refractivity contribution in [2.45, 2.75) is 18.9 Å². The molecule has 0 aromatic heterocycles. The number of Topliss-reactive ketones (excluding diaryl/α,β-unsaturated/α-hetero) is 1. The van der Waals surface area contributed by atoms with Crippen molar-refractivity contribution in [1.29, 1.82) is 0 Å². The van der Waals surface area contributed by atoms with Crippen LogP contribution < -0.4 is 0 Å². The summed E-state index contributed by atoms with van der Waals surface area (Å²) in [6.45, 7) is 2.27. The molecule has 1 fully saturated rings. The van der Waals surface area contributed by atoms with Crippen LogP contribution in [0.1, 0.15) is 23.2 Å². The number of nitrogens with zero attached hydrogens (tertiary/aromatic N) is 1. The number of hydrogen-bond donors (Lipinski definition) is 0. The van der Waals surface area contributed by atoms with Crippen molar-refractivity contribution in [2.24, 2.45) is 0 Å². The van der Waals surface area contributed by atoms with Gasteiger partial charge < -0.3 is 9.64 Å². The Balaban J connectivity index is 1.92. The molecule has 1 saturated heterocycles.